The number of rotatable bonds is 3. The minimum Gasteiger partial charge on any atom is -0.469 e. The lowest BCUT2D eigenvalue weighted by molar-refractivity contribution is -0.139. The lowest BCUT2D eigenvalue weighted by Gasteiger charge is -2.06. The SMILES string of the molecule is COC(=O)Cc1c(N)[nH]c(C(F)F)cc1=O. The number of nitrogens with one attached hydrogen (secondary N) is 1. The summed E-state index contributed by atoms with van der Waals surface area (Å²) in [6.45, 7) is 0. The summed E-state index contributed by atoms with van der Waals surface area (Å²) in [4.78, 5) is 24.5. The van der Waals surface area contributed by atoms with E-state index >= 15 is 0 Å². The maximum Gasteiger partial charge on any atom is 0.310 e. The highest BCUT2D eigenvalue weighted by atomic mass is 19.3. The van der Waals surface area contributed by atoms with Gasteiger partial charge in [0.25, 0.3) is 6.43 Å². The van der Waals surface area contributed by atoms with Crippen molar-refractivity contribution >= 4 is 11.8 Å². The van der Waals surface area contributed by atoms with Crippen molar-refractivity contribution in [2.45, 2.75) is 12.8 Å². The first-order valence-electron chi connectivity index (χ1n) is 4.32. The van der Waals surface area contributed by atoms with Crippen LogP contribution in [0.2, 0.25) is 0 Å². The van der Waals surface area contributed by atoms with E-state index in [1.165, 1.54) is 0 Å². The molecule has 0 atom stereocenters. The molecule has 0 radical (unpaired) electrons. The van der Waals surface area contributed by atoms with Crippen molar-refractivity contribution in [2.75, 3.05) is 12.8 Å². The predicted molar refractivity (Wildman–Crippen MR) is 52.2 cm³/mol. The number of alkyl halides is 2. The number of hydrogen-bond donors (Lipinski definition) is 2. The lowest BCUT2D eigenvalue weighted by Crippen LogP contribution is -2.19. The van der Waals surface area contributed by atoms with Crippen LogP contribution in [0.3, 0.4) is 0 Å². The Morgan fingerprint density at radius 2 is 2.25 bits per heavy atom. The van der Waals surface area contributed by atoms with Gasteiger partial charge in [-0.2, -0.15) is 0 Å². The Hall–Kier alpha value is -1.92. The second kappa shape index (κ2) is 4.73. The largest absolute Gasteiger partial charge is 0.469 e. The molecule has 0 aliphatic carbocycles. The number of nitrogens with two attached hydrogens (primary N) is 1. The van der Waals surface area contributed by atoms with Crippen LogP contribution in [0.25, 0.3) is 0 Å². The van der Waals surface area contributed by atoms with Gasteiger partial charge in [0.1, 0.15) is 5.82 Å². The van der Waals surface area contributed by atoms with Crippen LogP contribution in [0.4, 0.5) is 14.6 Å². The minimum absolute atomic E-state index is 0.0729. The zero-order valence-electron chi connectivity index (χ0n) is 8.42. The zero-order chi connectivity index (χ0) is 12.3. The number of carbonyl (C=O) groups excluding carboxylic acids is 1. The molecule has 0 aliphatic heterocycles. The number of carbonyl (C=O) groups is 1. The minimum atomic E-state index is -2.82. The summed E-state index contributed by atoms with van der Waals surface area (Å²) in [5.41, 5.74) is 4.01. The number of aromatic amines is 1. The number of aromatic nitrogens is 1. The van der Waals surface area contributed by atoms with Gasteiger partial charge in [0.15, 0.2) is 5.43 Å². The monoisotopic (exact) mass is 232 g/mol. The molecule has 0 aliphatic rings. The van der Waals surface area contributed by atoms with Crippen LogP contribution in [0, 0.1) is 0 Å². The highest BCUT2D eigenvalue weighted by Gasteiger charge is 2.15. The molecule has 1 aromatic rings. The average Bonchev–Trinajstić information content (AvgIpc) is 2.22. The predicted octanol–water partition coefficient (Wildman–Crippen LogP) is 0.610. The molecule has 0 saturated heterocycles. The molecule has 0 saturated carbocycles. The molecular weight excluding hydrogens is 222 g/mol. The van der Waals surface area contributed by atoms with Crippen LogP contribution in [0.5, 0.6) is 0 Å². The van der Waals surface area contributed by atoms with Gasteiger partial charge >= 0.3 is 5.97 Å². The number of halogens is 2. The van der Waals surface area contributed by atoms with Crippen molar-refractivity contribution in [3.63, 3.8) is 0 Å². The summed E-state index contributed by atoms with van der Waals surface area (Å²) in [5, 5.41) is 0. The fourth-order valence-corrected chi connectivity index (χ4v) is 1.14. The van der Waals surface area contributed by atoms with E-state index in [1.807, 2.05) is 0 Å². The summed E-state index contributed by atoms with van der Waals surface area (Å²) in [5.74, 6) is -0.907. The lowest BCUT2D eigenvalue weighted by atomic mass is 10.1. The smallest absolute Gasteiger partial charge is 0.310 e. The third-order valence-corrected chi connectivity index (χ3v) is 1.97. The molecule has 0 amide bonds. The average molecular weight is 232 g/mol. The standard InChI is InChI=1S/C9H10F2N2O3/c1-16-7(15)2-4-6(14)3-5(8(10)11)13-9(4)12/h3,8H,2H2,1H3,(H3,12,13,14). The highest BCUT2D eigenvalue weighted by Crippen LogP contribution is 2.17. The normalized spacial score (nSPS) is 10.5. The molecule has 16 heavy (non-hydrogen) atoms. The number of anilines is 1. The number of methoxy groups -OCH3 is 1. The van der Waals surface area contributed by atoms with Gasteiger partial charge in [0.05, 0.1) is 24.8 Å². The second-order valence-electron chi connectivity index (χ2n) is 3.03. The fourth-order valence-electron chi connectivity index (χ4n) is 1.14. The number of H-pyrrole nitrogens is 1. The molecule has 0 bridgehead atoms. The van der Waals surface area contributed by atoms with Crippen molar-refractivity contribution in [1.82, 2.24) is 4.98 Å². The second-order valence-corrected chi connectivity index (χ2v) is 3.03. The summed E-state index contributed by atoms with van der Waals surface area (Å²) >= 11 is 0. The van der Waals surface area contributed by atoms with Crippen LogP contribution in [0.1, 0.15) is 17.7 Å². The van der Waals surface area contributed by atoms with Crippen molar-refractivity contribution < 1.29 is 18.3 Å². The third-order valence-electron chi connectivity index (χ3n) is 1.97. The quantitative estimate of drug-likeness (QED) is 0.747. The van der Waals surface area contributed by atoms with E-state index in [0.29, 0.717) is 0 Å². The van der Waals surface area contributed by atoms with E-state index in [1.54, 1.807) is 0 Å². The molecule has 3 N–H and O–H groups in total. The van der Waals surface area contributed by atoms with E-state index in [0.717, 1.165) is 13.2 Å². The van der Waals surface area contributed by atoms with E-state index in [4.69, 9.17) is 5.73 Å². The molecule has 1 rings (SSSR count). The molecule has 1 aromatic heterocycles. The van der Waals surface area contributed by atoms with Crippen molar-refractivity contribution in [3.05, 3.63) is 27.5 Å². The first-order valence-corrected chi connectivity index (χ1v) is 4.32. The summed E-state index contributed by atoms with van der Waals surface area (Å²) in [7, 11) is 1.15. The molecule has 0 spiro atoms. The zero-order valence-corrected chi connectivity index (χ0v) is 8.42. The van der Waals surface area contributed by atoms with E-state index in [2.05, 4.69) is 9.72 Å². The molecule has 5 nitrogen and oxygen atoms in total. The number of hydrogen-bond acceptors (Lipinski definition) is 4. The summed E-state index contributed by atoms with van der Waals surface area (Å²) in [6.07, 6.45) is -3.16. The van der Waals surface area contributed by atoms with Crippen LogP contribution < -0.4 is 11.2 Å². The van der Waals surface area contributed by atoms with Gasteiger partial charge in [0.2, 0.25) is 0 Å². The van der Waals surface area contributed by atoms with E-state index < -0.39 is 23.5 Å². The van der Waals surface area contributed by atoms with Gasteiger partial charge in [-0.25, -0.2) is 8.78 Å². The maximum absolute atomic E-state index is 12.3. The van der Waals surface area contributed by atoms with Crippen LogP contribution >= 0.6 is 0 Å². The molecule has 88 valence electrons. The van der Waals surface area contributed by atoms with E-state index in [9.17, 15) is 18.4 Å². The molecule has 7 heteroatoms. The van der Waals surface area contributed by atoms with Gasteiger partial charge < -0.3 is 15.5 Å². The van der Waals surface area contributed by atoms with Gasteiger partial charge in [-0.15, -0.1) is 0 Å². The highest BCUT2D eigenvalue weighted by molar-refractivity contribution is 5.74. The topological polar surface area (TPSA) is 85.2 Å². The van der Waals surface area contributed by atoms with Crippen molar-refractivity contribution in [3.8, 4) is 0 Å². The Morgan fingerprint density at radius 1 is 1.62 bits per heavy atom. The number of nitrogen functional groups attached to an aromatic ring is 1. The number of esters is 1. The van der Waals surface area contributed by atoms with Crippen molar-refractivity contribution in [2.24, 2.45) is 0 Å². The van der Waals surface area contributed by atoms with E-state index in [-0.39, 0.29) is 17.8 Å². The Bertz CT molecular complexity index is 457. The number of pyridine rings is 1. The summed E-state index contributed by atoms with van der Waals surface area (Å²) in [6, 6.07) is 0.722. The summed E-state index contributed by atoms with van der Waals surface area (Å²) < 4.78 is 28.9. The number of ether oxygens (including phenoxy) is 1. The van der Waals surface area contributed by atoms with Gasteiger partial charge in [-0.3, -0.25) is 9.59 Å². The fraction of sp³-hybridized carbons (Fsp3) is 0.333. The molecule has 0 aromatic carbocycles. The molecule has 0 unspecified atom stereocenters. The van der Waals surface area contributed by atoms with Crippen LogP contribution in [-0.4, -0.2) is 18.1 Å². The maximum atomic E-state index is 12.3. The molecular formula is C9H10F2N2O3. The first-order chi connectivity index (χ1) is 7.45. The van der Waals surface area contributed by atoms with Crippen LogP contribution in [0.15, 0.2) is 10.9 Å². The first kappa shape index (κ1) is 12.2. The van der Waals surface area contributed by atoms with Crippen LogP contribution in [-0.2, 0) is 16.0 Å². The third kappa shape index (κ3) is 2.56. The van der Waals surface area contributed by atoms with Crippen molar-refractivity contribution in [1.29, 1.82) is 0 Å². The molecule has 0 fully saturated rings. The Kier molecular flexibility index (Phi) is 3.60. The van der Waals surface area contributed by atoms with Gasteiger partial charge in [0, 0.05) is 6.07 Å². The Labute approximate surface area is 89.2 Å². The Balaban J connectivity index is 3.13. The Morgan fingerprint density at radius 3 is 2.69 bits per heavy atom. The van der Waals surface area contributed by atoms with Gasteiger partial charge in [-0.1, -0.05) is 0 Å². The molecule has 1 heterocycles. The van der Waals surface area contributed by atoms with Gasteiger partial charge in [-0.05, 0) is 0 Å².